The van der Waals surface area contributed by atoms with Gasteiger partial charge in [-0.25, -0.2) is 0 Å². The van der Waals surface area contributed by atoms with Gasteiger partial charge in [-0.05, 0) is 25.8 Å². The lowest BCUT2D eigenvalue weighted by molar-refractivity contribution is -0.178. The number of piperidine rings is 1. The van der Waals surface area contributed by atoms with Gasteiger partial charge in [0.2, 0.25) is 5.91 Å². The number of halogens is 3. The molecule has 0 unspecified atom stereocenters. The first-order valence-electron chi connectivity index (χ1n) is 6.58. The van der Waals surface area contributed by atoms with Crippen molar-refractivity contribution in [3.63, 3.8) is 0 Å². The van der Waals surface area contributed by atoms with Crippen molar-refractivity contribution in [2.75, 3.05) is 32.8 Å². The van der Waals surface area contributed by atoms with Crippen LogP contribution in [0.2, 0.25) is 0 Å². The summed E-state index contributed by atoms with van der Waals surface area (Å²) in [6, 6.07) is 0.403. The lowest BCUT2D eigenvalue weighted by Gasteiger charge is -2.32. The minimum atomic E-state index is -4.38. The van der Waals surface area contributed by atoms with Crippen LogP contribution in [0.5, 0.6) is 0 Å². The highest BCUT2D eigenvalue weighted by atomic mass is 19.4. The molecule has 0 radical (unpaired) electrons. The summed E-state index contributed by atoms with van der Waals surface area (Å²) in [5.41, 5.74) is 0. The molecule has 1 heterocycles. The zero-order chi connectivity index (χ0) is 14.3. The van der Waals surface area contributed by atoms with E-state index in [4.69, 9.17) is 0 Å². The van der Waals surface area contributed by atoms with Crippen LogP contribution in [0, 0.1) is 0 Å². The molecule has 0 atom stereocenters. The Kier molecular flexibility index (Phi) is 6.57. The predicted molar refractivity (Wildman–Crippen MR) is 64.8 cm³/mol. The quantitative estimate of drug-likeness (QED) is 0.804. The van der Waals surface area contributed by atoms with Gasteiger partial charge in [0.05, 0.1) is 0 Å². The molecule has 1 fully saturated rings. The Morgan fingerprint density at radius 1 is 1.37 bits per heavy atom. The Hall–Kier alpha value is -0.820. The topological polar surface area (TPSA) is 41.6 Å². The molecule has 4 nitrogen and oxygen atoms in total. The van der Waals surface area contributed by atoms with Crippen LogP contribution in [0.25, 0.3) is 0 Å². The van der Waals surface area contributed by atoms with E-state index in [0.29, 0.717) is 19.1 Å². The van der Waals surface area contributed by atoms with Crippen molar-refractivity contribution in [3.05, 3.63) is 0 Å². The standard InChI is InChI=1S/C12H21F3N2O2/c1-2-5-16-10-3-6-17(7-4-10)11(18)8-19-9-12(13,14)15/h10,16H,2-9H2,1H3. The molecule has 1 amide bonds. The molecule has 1 rings (SSSR count). The van der Waals surface area contributed by atoms with E-state index >= 15 is 0 Å². The monoisotopic (exact) mass is 282 g/mol. The maximum absolute atomic E-state index is 11.9. The van der Waals surface area contributed by atoms with Gasteiger partial charge in [-0.15, -0.1) is 0 Å². The minimum Gasteiger partial charge on any atom is -0.362 e. The normalized spacial score (nSPS) is 17.8. The van der Waals surface area contributed by atoms with Crippen LogP contribution in [0.1, 0.15) is 26.2 Å². The molecule has 0 aromatic rings. The highest BCUT2D eigenvalue weighted by Crippen LogP contribution is 2.15. The van der Waals surface area contributed by atoms with Gasteiger partial charge in [0.25, 0.3) is 0 Å². The number of nitrogens with one attached hydrogen (secondary N) is 1. The third-order valence-electron chi connectivity index (χ3n) is 3.02. The number of likely N-dealkylation sites (tertiary alicyclic amines) is 1. The summed E-state index contributed by atoms with van der Waals surface area (Å²) in [7, 11) is 0. The van der Waals surface area contributed by atoms with Gasteiger partial charge < -0.3 is 15.0 Å². The van der Waals surface area contributed by atoms with Crippen molar-refractivity contribution in [2.45, 2.75) is 38.4 Å². The molecular weight excluding hydrogens is 261 g/mol. The average Bonchev–Trinajstić information content (AvgIpc) is 2.35. The lowest BCUT2D eigenvalue weighted by atomic mass is 10.0. The smallest absolute Gasteiger partial charge is 0.362 e. The molecule has 19 heavy (non-hydrogen) atoms. The first-order valence-corrected chi connectivity index (χ1v) is 6.58. The Balaban J connectivity index is 2.18. The van der Waals surface area contributed by atoms with Crippen LogP contribution in [-0.2, 0) is 9.53 Å². The minimum absolute atomic E-state index is 0.363. The van der Waals surface area contributed by atoms with Crippen molar-refractivity contribution in [1.82, 2.24) is 10.2 Å². The SMILES string of the molecule is CCCNC1CCN(C(=O)COCC(F)(F)F)CC1. The lowest BCUT2D eigenvalue weighted by Crippen LogP contribution is -2.46. The summed E-state index contributed by atoms with van der Waals surface area (Å²) in [4.78, 5) is 13.2. The number of hydrogen-bond donors (Lipinski definition) is 1. The number of hydrogen-bond acceptors (Lipinski definition) is 3. The molecule has 7 heteroatoms. The van der Waals surface area contributed by atoms with Crippen LogP contribution in [0.4, 0.5) is 13.2 Å². The number of rotatable bonds is 6. The molecule has 0 aromatic heterocycles. The van der Waals surface area contributed by atoms with Crippen LogP contribution in [0.15, 0.2) is 0 Å². The average molecular weight is 282 g/mol. The Bertz CT molecular complexity index is 277. The molecule has 0 aromatic carbocycles. The van der Waals surface area contributed by atoms with E-state index in [1.165, 1.54) is 0 Å². The molecule has 0 saturated carbocycles. The fraction of sp³-hybridized carbons (Fsp3) is 0.917. The van der Waals surface area contributed by atoms with E-state index in [-0.39, 0.29) is 5.91 Å². The van der Waals surface area contributed by atoms with E-state index in [0.717, 1.165) is 25.8 Å². The van der Waals surface area contributed by atoms with Gasteiger partial charge in [-0.2, -0.15) is 13.2 Å². The van der Waals surface area contributed by atoms with Gasteiger partial charge >= 0.3 is 6.18 Å². The molecular formula is C12H21F3N2O2. The van der Waals surface area contributed by atoms with Gasteiger partial charge in [-0.3, -0.25) is 4.79 Å². The van der Waals surface area contributed by atoms with Crippen LogP contribution in [0.3, 0.4) is 0 Å². The highest BCUT2D eigenvalue weighted by Gasteiger charge is 2.29. The molecule has 0 spiro atoms. The number of amides is 1. The van der Waals surface area contributed by atoms with Gasteiger partial charge in [0, 0.05) is 19.1 Å². The van der Waals surface area contributed by atoms with E-state index in [1.807, 2.05) is 0 Å². The Labute approximate surface area is 111 Å². The second kappa shape index (κ2) is 7.69. The fourth-order valence-corrected chi connectivity index (χ4v) is 2.03. The van der Waals surface area contributed by atoms with Gasteiger partial charge in [0.15, 0.2) is 0 Å². The largest absolute Gasteiger partial charge is 0.411 e. The summed E-state index contributed by atoms with van der Waals surface area (Å²) in [5.74, 6) is -0.363. The first-order chi connectivity index (χ1) is 8.92. The number of ether oxygens (including phenoxy) is 1. The molecule has 1 saturated heterocycles. The van der Waals surface area contributed by atoms with E-state index in [2.05, 4.69) is 17.0 Å². The third-order valence-corrected chi connectivity index (χ3v) is 3.02. The summed E-state index contributed by atoms with van der Waals surface area (Å²) in [6.07, 6.45) is -1.64. The Morgan fingerprint density at radius 3 is 2.53 bits per heavy atom. The zero-order valence-corrected chi connectivity index (χ0v) is 11.1. The van der Waals surface area contributed by atoms with Crippen LogP contribution < -0.4 is 5.32 Å². The molecule has 1 aliphatic rings. The second-order valence-electron chi connectivity index (χ2n) is 4.72. The zero-order valence-electron chi connectivity index (χ0n) is 11.1. The van der Waals surface area contributed by atoms with E-state index in [1.54, 1.807) is 4.90 Å². The molecule has 0 bridgehead atoms. The van der Waals surface area contributed by atoms with Crippen molar-refractivity contribution in [1.29, 1.82) is 0 Å². The maximum Gasteiger partial charge on any atom is 0.411 e. The Morgan fingerprint density at radius 2 is 2.00 bits per heavy atom. The summed E-state index contributed by atoms with van der Waals surface area (Å²) < 4.78 is 40.0. The first kappa shape index (κ1) is 16.2. The summed E-state index contributed by atoms with van der Waals surface area (Å²) in [6.45, 7) is 2.34. The number of alkyl halides is 3. The highest BCUT2D eigenvalue weighted by molar-refractivity contribution is 5.77. The maximum atomic E-state index is 11.9. The fourth-order valence-electron chi connectivity index (χ4n) is 2.03. The summed E-state index contributed by atoms with van der Waals surface area (Å²) >= 11 is 0. The van der Waals surface area contributed by atoms with Crippen molar-refractivity contribution in [3.8, 4) is 0 Å². The van der Waals surface area contributed by atoms with Crippen LogP contribution >= 0.6 is 0 Å². The van der Waals surface area contributed by atoms with Crippen molar-refractivity contribution >= 4 is 5.91 Å². The van der Waals surface area contributed by atoms with E-state index in [9.17, 15) is 18.0 Å². The predicted octanol–water partition coefficient (Wildman–Crippen LogP) is 1.56. The molecule has 0 aliphatic carbocycles. The third kappa shape index (κ3) is 6.77. The number of carbonyl (C=O) groups is 1. The van der Waals surface area contributed by atoms with Gasteiger partial charge in [0.1, 0.15) is 13.2 Å². The second-order valence-corrected chi connectivity index (χ2v) is 4.72. The molecule has 1 aliphatic heterocycles. The molecule has 112 valence electrons. The molecule has 1 N–H and O–H groups in total. The van der Waals surface area contributed by atoms with Crippen molar-refractivity contribution < 1.29 is 22.7 Å². The van der Waals surface area contributed by atoms with Crippen molar-refractivity contribution in [2.24, 2.45) is 0 Å². The van der Waals surface area contributed by atoms with Gasteiger partial charge in [-0.1, -0.05) is 6.92 Å². The van der Waals surface area contributed by atoms with E-state index < -0.39 is 19.4 Å². The summed E-state index contributed by atoms with van der Waals surface area (Å²) in [5, 5.41) is 3.38. The van der Waals surface area contributed by atoms with Crippen LogP contribution in [-0.4, -0.2) is 55.9 Å². The number of carbonyl (C=O) groups excluding carboxylic acids is 1. The number of nitrogens with zero attached hydrogens (tertiary/aromatic N) is 1.